The lowest BCUT2D eigenvalue weighted by Crippen LogP contribution is -2.37. The van der Waals surface area contributed by atoms with E-state index in [9.17, 15) is 0 Å². The molecule has 4 rings (SSSR count). The van der Waals surface area contributed by atoms with Gasteiger partial charge in [-0.05, 0) is 12.1 Å². The van der Waals surface area contributed by atoms with Gasteiger partial charge in [0.2, 0.25) is 0 Å². The Kier molecular flexibility index (Phi) is 3.85. The van der Waals surface area contributed by atoms with Gasteiger partial charge in [-0.3, -0.25) is 9.58 Å². The highest BCUT2D eigenvalue weighted by Crippen LogP contribution is 2.32. The molecule has 1 aliphatic rings. The number of ether oxygens (including phenoxy) is 1. The number of hydrogen-bond donors (Lipinski definition) is 0. The average molecular weight is 332 g/mol. The Morgan fingerprint density at radius 1 is 1.35 bits per heavy atom. The highest BCUT2D eigenvalue weighted by Gasteiger charge is 2.25. The summed E-state index contributed by atoms with van der Waals surface area (Å²) >= 11 is 6.47. The Morgan fingerprint density at radius 3 is 3.00 bits per heavy atom. The fourth-order valence-corrected chi connectivity index (χ4v) is 3.28. The van der Waals surface area contributed by atoms with E-state index in [1.807, 2.05) is 43.7 Å². The zero-order valence-electron chi connectivity index (χ0n) is 12.9. The summed E-state index contributed by atoms with van der Waals surface area (Å²) in [5.74, 6) is 0.819. The van der Waals surface area contributed by atoms with Crippen LogP contribution in [0.4, 0.5) is 0 Å². The lowest BCUT2D eigenvalue weighted by molar-refractivity contribution is -0.0345. The molecular formula is C17H18ClN3O2. The van der Waals surface area contributed by atoms with Gasteiger partial charge in [0, 0.05) is 37.3 Å². The molecule has 120 valence electrons. The van der Waals surface area contributed by atoms with Crippen molar-refractivity contribution < 1.29 is 9.15 Å². The molecule has 0 radical (unpaired) electrons. The quantitative estimate of drug-likeness (QED) is 0.738. The largest absolute Gasteiger partial charge is 0.458 e. The van der Waals surface area contributed by atoms with Crippen LogP contribution >= 0.6 is 11.6 Å². The number of fused-ring (bicyclic) bond motifs is 1. The first-order chi connectivity index (χ1) is 11.2. The predicted octanol–water partition coefficient (Wildman–Crippen LogP) is 3.39. The van der Waals surface area contributed by atoms with E-state index >= 15 is 0 Å². The van der Waals surface area contributed by atoms with Gasteiger partial charge in [0.1, 0.15) is 11.3 Å². The minimum atomic E-state index is 0.0422. The zero-order chi connectivity index (χ0) is 15.8. The SMILES string of the molecule is Cn1cc(C2CN(Cc3oc4ccccc4c3Cl)CCO2)cn1. The Labute approximate surface area is 139 Å². The second-order valence-corrected chi connectivity index (χ2v) is 6.26. The van der Waals surface area contributed by atoms with E-state index in [4.69, 9.17) is 20.8 Å². The molecule has 0 saturated carbocycles. The molecule has 5 nitrogen and oxygen atoms in total. The zero-order valence-corrected chi connectivity index (χ0v) is 13.7. The summed E-state index contributed by atoms with van der Waals surface area (Å²) < 4.78 is 13.6. The number of hydrogen-bond acceptors (Lipinski definition) is 4. The predicted molar refractivity (Wildman–Crippen MR) is 88.4 cm³/mol. The Hall–Kier alpha value is -1.82. The molecule has 1 fully saturated rings. The molecule has 1 atom stereocenters. The van der Waals surface area contributed by atoms with Crippen molar-refractivity contribution in [2.75, 3.05) is 19.7 Å². The Balaban J connectivity index is 1.52. The second kappa shape index (κ2) is 6.00. The van der Waals surface area contributed by atoms with Crippen molar-refractivity contribution in [2.45, 2.75) is 12.6 Å². The molecule has 1 saturated heterocycles. The summed E-state index contributed by atoms with van der Waals surface area (Å²) in [4.78, 5) is 2.31. The Morgan fingerprint density at radius 2 is 2.22 bits per heavy atom. The van der Waals surface area contributed by atoms with E-state index in [-0.39, 0.29) is 6.10 Å². The van der Waals surface area contributed by atoms with Crippen molar-refractivity contribution in [2.24, 2.45) is 7.05 Å². The lowest BCUT2D eigenvalue weighted by Gasteiger charge is -2.31. The van der Waals surface area contributed by atoms with Gasteiger partial charge in [-0.2, -0.15) is 5.10 Å². The standard InChI is InChI=1S/C17H18ClN3O2/c1-20-9-12(8-19-20)15-10-21(6-7-22-15)11-16-17(18)13-4-2-3-5-14(13)23-16/h2-5,8-9,15H,6-7,10-11H2,1H3. The van der Waals surface area contributed by atoms with Crippen molar-refractivity contribution in [3.05, 3.63) is 53.0 Å². The molecule has 6 heteroatoms. The second-order valence-electron chi connectivity index (χ2n) is 5.88. The van der Waals surface area contributed by atoms with Gasteiger partial charge in [0.05, 0.1) is 30.5 Å². The van der Waals surface area contributed by atoms with Crippen LogP contribution in [-0.4, -0.2) is 34.4 Å². The van der Waals surface area contributed by atoms with Crippen molar-refractivity contribution in [1.29, 1.82) is 0 Å². The van der Waals surface area contributed by atoms with Crippen LogP contribution in [0.2, 0.25) is 5.02 Å². The van der Waals surface area contributed by atoms with Crippen LogP contribution in [0.3, 0.4) is 0 Å². The summed E-state index contributed by atoms with van der Waals surface area (Å²) in [6.45, 7) is 3.05. The summed E-state index contributed by atoms with van der Waals surface area (Å²) in [6.07, 6.45) is 3.91. The molecular weight excluding hydrogens is 314 g/mol. The van der Waals surface area contributed by atoms with Crippen LogP contribution in [0.1, 0.15) is 17.4 Å². The number of rotatable bonds is 3. The van der Waals surface area contributed by atoms with E-state index in [0.29, 0.717) is 18.2 Å². The van der Waals surface area contributed by atoms with E-state index in [2.05, 4.69) is 10.00 Å². The maximum atomic E-state index is 6.47. The number of para-hydroxylation sites is 1. The summed E-state index contributed by atoms with van der Waals surface area (Å²) in [6, 6.07) is 7.87. The number of nitrogens with zero attached hydrogens (tertiary/aromatic N) is 3. The average Bonchev–Trinajstić information content (AvgIpc) is 3.13. The molecule has 23 heavy (non-hydrogen) atoms. The lowest BCUT2D eigenvalue weighted by atomic mass is 10.1. The number of benzene rings is 1. The minimum absolute atomic E-state index is 0.0422. The monoisotopic (exact) mass is 331 g/mol. The highest BCUT2D eigenvalue weighted by atomic mass is 35.5. The molecule has 0 bridgehead atoms. The third-order valence-electron chi connectivity index (χ3n) is 4.22. The number of morpholine rings is 1. The van der Waals surface area contributed by atoms with Crippen LogP contribution in [0.5, 0.6) is 0 Å². The molecule has 0 aliphatic carbocycles. The minimum Gasteiger partial charge on any atom is -0.458 e. The number of furan rings is 1. The van der Waals surface area contributed by atoms with Crippen LogP contribution in [0.25, 0.3) is 11.0 Å². The van der Waals surface area contributed by atoms with Crippen molar-refractivity contribution in [1.82, 2.24) is 14.7 Å². The van der Waals surface area contributed by atoms with Gasteiger partial charge in [-0.15, -0.1) is 0 Å². The molecule has 1 unspecified atom stereocenters. The molecule has 0 N–H and O–H groups in total. The van der Waals surface area contributed by atoms with Crippen LogP contribution in [-0.2, 0) is 18.3 Å². The maximum Gasteiger partial charge on any atom is 0.137 e. The first-order valence-electron chi connectivity index (χ1n) is 7.69. The summed E-state index contributed by atoms with van der Waals surface area (Å²) in [7, 11) is 1.91. The molecule has 3 aromatic rings. The van der Waals surface area contributed by atoms with Gasteiger partial charge in [-0.25, -0.2) is 0 Å². The molecule has 2 aromatic heterocycles. The smallest absolute Gasteiger partial charge is 0.137 e. The summed E-state index contributed by atoms with van der Waals surface area (Å²) in [5.41, 5.74) is 1.94. The number of aromatic nitrogens is 2. The number of halogens is 1. The number of aryl methyl sites for hydroxylation is 1. The van der Waals surface area contributed by atoms with E-state index in [0.717, 1.165) is 35.4 Å². The molecule has 3 heterocycles. The van der Waals surface area contributed by atoms with Crippen LogP contribution < -0.4 is 0 Å². The molecule has 1 aliphatic heterocycles. The first-order valence-corrected chi connectivity index (χ1v) is 8.07. The molecule has 0 amide bonds. The fraction of sp³-hybridized carbons (Fsp3) is 0.353. The van der Waals surface area contributed by atoms with Gasteiger partial charge >= 0.3 is 0 Å². The molecule has 0 spiro atoms. The maximum absolute atomic E-state index is 6.47. The fourth-order valence-electron chi connectivity index (χ4n) is 3.02. The van der Waals surface area contributed by atoms with Crippen LogP contribution in [0.15, 0.2) is 41.1 Å². The van der Waals surface area contributed by atoms with Gasteiger partial charge in [0.25, 0.3) is 0 Å². The third-order valence-corrected chi connectivity index (χ3v) is 4.63. The normalized spacial score (nSPS) is 19.5. The topological polar surface area (TPSA) is 43.4 Å². The van der Waals surface area contributed by atoms with Crippen molar-refractivity contribution >= 4 is 22.6 Å². The third kappa shape index (κ3) is 2.87. The Bertz CT molecular complexity index is 826. The van der Waals surface area contributed by atoms with Gasteiger partial charge < -0.3 is 9.15 Å². The summed E-state index contributed by atoms with van der Waals surface area (Å²) in [5, 5.41) is 5.91. The molecule has 1 aromatic carbocycles. The highest BCUT2D eigenvalue weighted by molar-refractivity contribution is 6.36. The first kappa shape index (κ1) is 14.8. The van der Waals surface area contributed by atoms with Crippen molar-refractivity contribution in [3.8, 4) is 0 Å². The van der Waals surface area contributed by atoms with E-state index < -0.39 is 0 Å². The van der Waals surface area contributed by atoms with Crippen LogP contribution in [0, 0.1) is 0 Å². The van der Waals surface area contributed by atoms with E-state index in [1.54, 1.807) is 4.68 Å². The van der Waals surface area contributed by atoms with Crippen molar-refractivity contribution in [3.63, 3.8) is 0 Å². The van der Waals surface area contributed by atoms with Gasteiger partial charge in [-0.1, -0.05) is 23.7 Å². The van der Waals surface area contributed by atoms with E-state index in [1.165, 1.54) is 0 Å². The van der Waals surface area contributed by atoms with Gasteiger partial charge in [0.15, 0.2) is 0 Å².